The zero-order valence-corrected chi connectivity index (χ0v) is 14.4. The second kappa shape index (κ2) is 8.03. The molecule has 0 radical (unpaired) electrons. The summed E-state index contributed by atoms with van der Waals surface area (Å²) in [5.74, 6) is 2.56. The van der Waals surface area contributed by atoms with Crippen LogP contribution in [0.3, 0.4) is 0 Å². The van der Waals surface area contributed by atoms with E-state index in [4.69, 9.17) is 9.15 Å². The van der Waals surface area contributed by atoms with Gasteiger partial charge in [-0.3, -0.25) is 4.79 Å². The van der Waals surface area contributed by atoms with Gasteiger partial charge >= 0.3 is 0 Å². The monoisotopic (exact) mass is 365 g/mol. The number of ether oxygens (including phenoxy) is 1. The third kappa shape index (κ3) is 5.22. The van der Waals surface area contributed by atoms with E-state index in [0.29, 0.717) is 26.0 Å². The summed E-state index contributed by atoms with van der Waals surface area (Å²) >= 11 is 3.40. The lowest BCUT2D eigenvalue weighted by Crippen LogP contribution is -2.26. The molecule has 5 heteroatoms. The van der Waals surface area contributed by atoms with Crippen LogP contribution < -0.4 is 4.74 Å². The van der Waals surface area contributed by atoms with E-state index in [2.05, 4.69) is 15.9 Å². The molecule has 0 N–H and O–H groups in total. The summed E-state index contributed by atoms with van der Waals surface area (Å²) in [6, 6.07) is 11.5. The molecule has 118 valence electrons. The number of hydrogen-bond donors (Lipinski definition) is 0. The molecule has 1 aromatic heterocycles. The summed E-state index contributed by atoms with van der Waals surface area (Å²) in [6.07, 6.45) is 1.15. The highest BCUT2D eigenvalue weighted by molar-refractivity contribution is 9.10. The van der Waals surface area contributed by atoms with Gasteiger partial charge in [0.2, 0.25) is 5.91 Å². The Hall–Kier alpha value is -1.75. The van der Waals surface area contributed by atoms with E-state index >= 15 is 0 Å². The summed E-state index contributed by atoms with van der Waals surface area (Å²) < 4.78 is 12.1. The second-order valence-corrected chi connectivity index (χ2v) is 6.09. The van der Waals surface area contributed by atoms with Gasteiger partial charge in [-0.2, -0.15) is 0 Å². The molecule has 1 amide bonds. The number of hydrogen-bond acceptors (Lipinski definition) is 3. The maximum Gasteiger partial charge on any atom is 0.222 e. The summed E-state index contributed by atoms with van der Waals surface area (Å²) in [5.41, 5.74) is 0. The lowest BCUT2D eigenvalue weighted by atomic mass is 10.3. The van der Waals surface area contributed by atoms with Crippen molar-refractivity contribution in [1.29, 1.82) is 0 Å². The van der Waals surface area contributed by atoms with Gasteiger partial charge in [0, 0.05) is 17.9 Å². The predicted molar refractivity (Wildman–Crippen MR) is 88.8 cm³/mol. The minimum Gasteiger partial charge on any atom is -0.494 e. The minimum atomic E-state index is 0.0897. The van der Waals surface area contributed by atoms with Gasteiger partial charge in [-0.15, -0.1) is 0 Å². The van der Waals surface area contributed by atoms with Crippen LogP contribution in [0.25, 0.3) is 0 Å². The van der Waals surface area contributed by atoms with Crippen molar-refractivity contribution in [2.24, 2.45) is 0 Å². The molecule has 0 fully saturated rings. The molecule has 2 aromatic rings. The maximum atomic E-state index is 12.0. The lowest BCUT2D eigenvalue weighted by Gasteiger charge is -2.15. The average molecular weight is 366 g/mol. The number of furan rings is 1. The van der Waals surface area contributed by atoms with Crippen LogP contribution in [0.15, 0.2) is 45.3 Å². The van der Waals surface area contributed by atoms with E-state index in [0.717, 1.165) is 21.7 Å². The van der Waals surface area contributed by atoms with E-state index < -0.39 is 0 Å². The first kappa shape index (κ1) is 16.6. The SMILES string of the molecule is Cc1ccc(CN(C)C(=O)CCCOc2cccc(Br)c2)o1. The normalized spacial score (nSPS) is 10.5. The quantitative estimate of drug-likeness (QED) is 0.691. The number of amides is 1. The minimum absolute atomic E-state index is 0.0897. The second-order valence-electron chi connectivity index (χ2n) is 5.17. The molecule has 4 nitrogen and oxygen atoms in total. The van der Waals surface area contributed by atoms with Gasteiger partial charge in [0.15, 0.2) is 0 Å². The summed E-state index contributed by atoms with van der Waals surface area (Å²) in [4.78, 5) is 13.7. The topological polar surface area (TPSA) is 42.7 Å². The first-order chi connectivity index (χ1) is 10.5. The van der Waals surface area contributed by atoms with E-state index in [1.54, 1.807) is 11.9 Å². The van der Waals surface area contributed by atoms with Crippen molar-refractivity contribution in [2.45, 2.75) is 26.3 Å². The maximum absolute atomic E-state index is 12.0. The number of carbonyl (C=O) groups is 1. The van der Waals surface area contributed by atoms with E-state index in [1.807, 2.05) is 43.3 Å². The summed E-state index contributed by atoms with van der Waals surface area (Å²) in [5, 5.41) is 0. The van der Waals surface area contributed by atoms with Crippen LogP contribution in [-0.4, -0.2) is 24.5 Å². The Balaban J connectivity index is 1.68. The lowest BCUT2D eigenvalue weighted by molar-refractivity contribution is -0.130. The molecular formula is C17H20BrNO3. The van der Waals surface area contributed by atoms with E-state index in [9.17, 15) is 4.79 Å². The Labute approximate surface area is 139 Å². The molecule has 0 aliphatic rings. The molecular weight excluding hydrogens is 346 g/mol. The van der Waals surface area contributed by atoms with Gasteiger partial charge in [-0.05, 0) is 43.7 Å². The van der Waals surface area contributed by atoms with Crippen molar-refractivity contribution < 1.29 is 13.9 Å². The number of benzene rings is 1. The largest absolute Gasteiger partial charge is 0.494 e. The van der Waals surface area contributed by atoms with Gasteiger partial charge in [0.1, 0.15) is 17.3 Å². The van der Waals surface area contributed by atoms with Crippen LogP contribution in [0.1, 0.15) is 24.4 Å². The fraction of sp³-hybridized carbons (Fsp3) is 0.353. The molecule has 0 bridgehead atoms. The Morgan fingerprint density at radius 3 is 2.82 bits per heavy atom. The van der Waals surface area contributed by atoms with Gasteiger partial charge < -0.3 is 14.1 Å². The first-order valence-corrected chi connectivity index (χ1v) is 8.01. The van der Waals surface area contributed by atoms with Crippen LogP contribution in [0, 0.1) is 6.92 Å². The highest BCUT2D eigenvalue weighted by atomic mass is 79.9. The molecule has 0 aliphatic carbocycles. The Bertz CT molecular complexity index is 624. The van der Waals surface area contributed by atoms with Gasteiger partial charge in [0.25, 0.3) is 0 Å². The average Bonchev–Trinajstić information content (AvgIpc) is 2.88. The van der Waals surface area contributed by atoms with Crippen LogP contribution >= 0.6 is 15.9 Å². The number of halogens is 1. The molecule has 2 rings (SSSR count). The fourth-order valence-electron chi connectivity index (χ4n) is 2.05. The third-order valence-electron chi connectivity index (χ3n) is 3.21. The molecule has 22 heavy (non-hydrogen) atoms. The van der Waals surface area contributed by atoms with Crippen molar-refractivity contribution >= 4 is 21.8 Å². The van der Waals surface area contributed by atoms with Gasteiger partial charge in [-0.1, -0.05) is 22.0 Å². The molecule has 0 aliphatic heterocycles. The van der Waals surface area contributed by atoms with Crippen LogP contribution in [-0.2, 0) is 11.3 Å². The number of aryl methyl sites for hydroxylation is 1. The fourth-order valence-corrected chi connectivity index (χ4v) is 2.43. The first-order valence-electron chi connectivity index (χ1n) is 7.22. The smallest absolute Gasteiger partial charge is 0.222 e. The number of rotatable bonds is 7. The van der Waals surface area contributed by atoms with Crippen molar-refractivity contribution in [3.8, 4) is 5.75 Å². The number of nitrogens with zero attached hydrogens (tertiary/aromatic N) is 1. The van der Waals surface area contributed by atoms with Crippen LogP contribution in [0.5, 0.6) is 5.75 Å². The van der Waals surface area contributed by atoms with E-state index in [1.165, 1.54) is 0 Å². The molecule has 0 unspecified atom stereocenters. The molecule has 0 spiro atoms. The highest BCUT2D eigenvalue weighted by Crippen LogP contribution is 2.18. The summed E-state index contributed by atoms with van der Waals surface area (Å²) in [6.45, 7) is 2.92. The molecule has 1 heterocycles. The molecule has 0 saturated heterocycles. The Morgan fingerprint density at radius 2 is 2.14 bits per heavy atom. The Morgan fingerprint density at radius 1 is 1.32 bits per heavy atom. The zero-order valence-electron chi connectivity index (χ0n) is 12.8. The zero-order chi connectivity index (χ0) is 15.9. The molecule has 1 aromatic carbocycles. The predicted octanol–water partition coefficient (Wildman–Crippen LogP) is 4.17. The number of carbonyl (C=O) groups excluding carboxylic acids is 1. The van der Waals surface area contributed by atoms with Crippen molar-refractivity contribution in [2.75, 3.05) is 13.7 Å². The van der Waals surface area contributed by atoms with Crippen LogP contribution in [0.4, 0.5) is 0 Å². The van der Waals surface area contributed by atoms with E-state index in [-0.39, 0.29) is 5.91 Å². The van der Waals surface area contributed by atoms with Crippen LogP contribution in [0.2, 0.25) is 0 Å². The van der Waals surface area contributed by atoms with Crippen molar-refractivity contribution in [1.82, 2.24) is 4.90 Å². The summed E-state index contributed by atoms with van der Waals surface area (Å²) in [7, 11) is 1.79. The van der Waals surface area contributed by atoms with Gasteiger partial charge in [0.05, 0.1) is 13.2 Å². The van der Waals surface area contributed by atoms with Crippen molar-refractivity contribution in [3.05, 3.63) is 52.4 Å². The molecule has 0 atom stereocenters. The molecule has 0 saturated carbocycles. The van der Waals surface area contributed by atoms with Gasteiger partial charge in [-0.25, -0.2) is 0 Å². The third-order valence-corrected chi connectivity index (χ3v) is 3.71. The standard InChI is InChI=1S/C17H20BrNO3/c1-13-8-9-16(22-13)12-19(2)17(20)7-4-10-21-15-6-3-5-14(18)11-15/h3,5-6,8-9,11H,4,7,10,12H2,1-2H3. The van der Waals surface area contributed by atoms with Crippen molar-refractivity contribution in [3.63, 3.8) is 0 Å². The highest BCUT2D eigenvalue weighted by Gasteiger charge is 2.11. The Kier molecular flexibility index (Phi) is 6.07.